The van der Waals surface area contributed by atoms with E-state index in [-0.39, 0.29) is 5.56 Å². The molecule has 0 aliphatic carbocycles. The molecular weight excluding hydrogens is 374 g/mol. The van der Waals surface area contributed by atoms with Gasteiger partial charge < -0.3 is 0 Å². The van der Waals surface area contributed by atoms with Crippen molar-refractivity contribution in [2.24, 2.45) is 0 Å². The first kappa shape index (κ1) is 18.1. The van der Waals surface area contributed by atoms with Crippen LogP contribution in [0.15, 0.2) is 64.9 Å². The highest BCUT2D eigenvalue weighted by atomic mass is 32.1. The summed E-state index contributed by atoms with van der Waals surface area (Å²) in [6, 6.07) is 16.5. The Morgan fingerprint density at radius 2 is 1.96 bits per heavy atom. The maximum Gasteiger partial charge on any atom is 0.258 e. The molecule has 1 aromatic carbocycles. The Morgan fingerprint density at radius 1 is 1.11 bits per heavy atom. The van der Waals surface area contributed by atoms with Crippen LogP contribution >= 0.6 is 22.7 Å². The monoisotopic (exact) mass is 395 g/mol. The smallest absolute Gasteiger partial charge is 0.258 e. The first-order valence-electron chi connectivity index (χ1n) is 8.95. The lowest BCUT2D eigenvalue weighted by molar-refractivity contribution is 0.259. The molecule has 3 aromatic heterocycles. The Balaban J connectivity index is 1.54. The van der Waals surface area contributed by atoms with Crippen molar-refractivity contribution in [2.75, 3.05) is 6.54 Å². The van der Waals surface area contributed by atoms with E-state index in [1.165, 1.54) is 26.7 Å². The van der Waals surface area contributed by atoms with Gasteiger partial charge in [0.2, 0.25) is 0 Å². The van der Waals surface area contributed by atoms with Crippen molar-refractivity contribution in [3.8, 4) is 0 Å². The molecule has 0 spiro atoms. The predicted molar refractivity (Wildman–Crippen MR) is 113 cm³/mol. The molecule has 0 aliphatic rings. The minimum atomic E-state index is -0.00812. The third-order valence-corrected chi connectivity index (χ3v) is 6.22. The zero-order valence-corrected chi connectivity index (χ0v) is 16.8. The van der Waals surface area contributed by atoms with Gasteiger partial charge in [0.05, 0.1) is 5.69 Å². The Kier molecular flexibility index (Phi) is 5.48. The van der Waals surface area contributed by atoms with Crippen molar-refractivity contribution in [1.82, 2.24) is 14.3 Å². The van der Waals surface area contributed by atoms with Gasteiger partial charge in [-0.15, -0.1) is 22.7 Å². The number of fused-ring (bicyclic) bond motifs is 1. The minimum absolute atomic E-state index is 0.00812. The molecule has 0 saturated carbocycles. The van der Waals surface area contributed by atoms with Gasteiger partial charge in [-0.3, -0.25) is 14.1 Å². The number of benzene rings is 1. The summed E-state index contributed by atoms with van der Waals surface area (Å²) in [4.78, 5) is 22.8. The number of hydrogen-bond acceptors (Lipinski definition) is 5. The molecule has 0 unspecified atom stereocenters. The number of rotatable bonds is 7. The molecule has 4 nitrogen and oxygen atoms in total. The standard InChI is InChI=1S/C21H21N3OS2/c1-16-7-8-19(27-16)15-23(10-9-17-5-3-2-4-6-17)14-18-13-20(25)24-11-12-26-21(24)22-18/h2-8,11-13H,9-10,14-15H2,1H3. The number of thiophene rings is 1. The molecule has 4 aromatic rings. The van der Waals surface area contributed by atoms with Crippen molar-refractivity contribution >= 4 is 27.6 Å². The molecule has 0 amide bonds. The third-order valence-electron chi connectivity index (χ3n) is 4.48. The molecule has 0 bridgehead atoms. The van der Waals surface area contributed by atoms with Crippen LogP contribution in [0.25, 0.3) is 4.96 Å². The summed E-state index contributed by atoms with van der Waals surface area (Å²) in [5, 5.41) is 1.90. The lowest BCUT2D eigenvalue weighted by Gasteiger charge is -2.21. The fourth-order valence-electron chi connectivity index (χ4n) is 3.13. The van der Waals surface area contributed by atoms with Crippen LogP contribution in [-0.2, 0) is 19.5 Å². The number of thiazole rings is 1. The molecule has 0 radical (unpaired) electrons. The summed E-state index contributed by atoms with van der Waals surface area (Å²) in [6.07, 6.45) is 2.76. The predicted octanol–water partition coefficient (Wildman–Crippen LogP) is 4.37. The molecule has 0 atom stereocenters. The molecule has 138 valence electrons. The maximum atomic E-state index is 12.3. The van der Waals surface area contributed by atoms with E-state index in [0.29, 0.717) is 6.54 Å². The van der Waals surface area contributed by atoms with Gasteiger partial charge >= 0.3 is 0 Å². The first-order chi connectivity index (χ1) is 13.2. The second kappa shape index (κ2) is 8.17. The van der Waals surface area contributed by atoms with Crippen molar-refractivity contribution in [3.63, 3.8) is 0 Å². The van der Waals surface area contributed by atoms with E-state index in [1.807, 2.05) is 22.8 Å². The SMILES string of the molecule is Cc1ccc(CN(CCc2ccccc2)Cc2cc(=O)n3ccsc3n2)s1. The highest BCUT2D eigenvalue weighted by molar-refractivity contribution is 7.15. The molecule has 0 saturated heterocycles. The van der Waals surface area contributed by atoms with E-state index in [2.05, 4.69) is 53.2 Å². The minimum Gasteiger partial charge on any atom is -0.292 e. The van der Waals surface area contributed by atoms with Gasteiger partial charge in [-0.2, -0.15) is 0 Å². The highest BCUT2D eigenvalue weighted by Crippen LogP contribution is 2.19. The van der Waals surface area contributed by atoms with Gasteiger partial charge in [-0.1, -0.05) is 30.3 Å². The average Bonchev–Trinajstić information content (AvgIpc) is 3.30. The molecule has 4 rings (SSSR count). The normalized spacial score (nSPS) is 11.5. The zero-order valence-electron chi connectivity index (χ0n) is 15.2. The summed E-state index contributed by atoms with van der Waals surface area (Å²) in [5.41, 5.74) is 2.15. The van der Waals surface area contributed by atoms with Gasteiger partial charge in [0.25, 0.3) is 5.56 Å². The van der Waals surface area contributed by atoms with Gasteiger partial charge in [0.1, 0.15) is 0 Å². The van der Waals surface area contributed by atoms with Crippen molar-refractivity contribution in [3.05, 3.63) is 91.5 Å². The fraction of sp³-hybridized carbons (Fsp3) is 0.238. The van der Waals surface area contributed by atoms with Crippen LogP contribution in [0.1, 0.15) is 21.0 Å². The topological polar surface area (TPSA) is 37.6 Å². The van der Waals surface area contributed by atoms with Crippen LogP contribution in [0.5, 0.6) is 0 Å². The van der Waals surface area contributed by atoms with Crippen LogP contribution in [-0.4, -0.2) is 20.8 Å². The van der Waals surface area contributed by atoms with E-state index in [0.717, 1.165) is 30.2 Å². The molecule has 27 heavy (non-hydrogen) atoms. The van der Waals surface area contributed by atoms with Crippen molar-refractivity contribution in [2.45, 2.75) is 26.4 Å². The molecule has 3 heterocycles. The van der Waals surface area contributed by atoms with Crippen LogP contribution in [0.4, 0.5) is 0 Å². The quantitative estimate of drug-likeness (QED) is 0.466. The van der Waals surface area contributed by atoms with Gasteiger partial charge in [-0.05, 0) is 31.0 Å². The van der Waals surface area contributed by atoms with E-state index in [9.17, 15) is 4.79 Å². The van der Waals surface area contributed by atoms with Crippen molar-refractivity contribution < 1.29 is 0 Å². The molecule has 6 heteroatoms. The maximum absolute atomic E-state index is 12.3. The Bertz CT molecular complexity index is 1080. The lowest BCUT2D eigenvalue weighted by Crippen LogP contribution is -2.26. The first-order valence-corrected chi connectivity index (χ1v) is 10.6. The lowest BCUT2D eigenvalue weighted by atomic mass is 10.1. The second-order valence-electron chi connectivity index (χ2n) is 6.60. The third kappa shape index (κ3) is 4.53. The number of hydrogen-bond donors (Lipinski definition) is 0. The van der Waals surface area contributed by atoms with Crippen LogP contribution in [0, 0.1) is 6.92 Å². The molecule has 0 N–H and O–H groups in total. The Morgan fingerprint density at radius 3 is 2.74 bits per heavy atom. The highest BCUT2D eigenvalue weighted by Gasteiger charge is 2.12. The van der Waals surface area contributed by atoms with E-state index in [1.54, 1.807) is 16.7 Å². The van der Waals surface area contributed by atoms with E-state index in [4.69, 9.17) is 0 Å². The van der Waals surface area contributed by atoms with Crippen molar-refractivity contribution in [1.29, 1.82) is 0 Å². The molecule has 0 aliphatic heterocycles. The van der Waals surface area contributed by atoms with Crippen LogP contribution in [0.2, 0.25) is 0 Å². The summed E-state index contributed by atoms with van der Waals surface area (Å²) < 4.78 is 1.60. The average molecular weight is 396 g/mol. The Labute approximate surface area is 166 Å². The second-order valence-corrected chi connectivity index (χ2v) is 8.85. The van der Waals surface area contributed by atoms with E-state index >= 15 is 0 Å². The zero-order chi connectivity index (χ0) is 18.6. The summed E-state index contributed by atoms with van der Waals surface area (Å²) in [7, 11) is 0. The number of nitrogens with zero attached hydrogens (tertiary/aromatic N) is 3. The number of aromatic nitrogens is 2. The largest absolute Gasteiger partial charge is 0.292 e. The molecular formula is C21H21N3OS2. The summed E-state index contributed by atoms with van der Waals surface area (Å²) >= 11 is 3.33. The van der Waals surface area contributed by atoms with E-state index < -0.39 is 0 Å². The fourth-order valence-corrected chi connectivity index (χ4v) is 4.81. The number of aryl methyl sites for hydroxylation is 1. The summed E-state index contributed by atoms with van der Waals surface area (Å²) in [5.74, 6) is 0. The molecule has 0 fully saturated rings. The van der Waals surface area contributed by atoms with Crippen LogP contribution < -0.4 is 5.56 Å². The van der Waals surface area contributed by atoms with Crippen LogP contribution in [0.3, 0.4) is 0 Å². The van der Waals surface area contributed by atoms with Gasteiger partial charge in [-0.25, -0.2) is 4.98 Å². The van der Waals surface area contributed by atoms with Gasteiger partial charge in [0, 0.05) is 47.0 Å². The summed E-state index contributed by atoms with van der Waals surface area (Å²) in [6.45, 7) is 4.60. The van der Waals surface area contributed by atoms with Gasteiger partial charge in [0.15, 0.2) is 4.96 Å². The Hall–Kier alpha value is -2.28.